The van der Waals surface area contributed by atoms with E-state index < -0.39 is 5.91 Å². The maximum Gasteiger partial charge on any atom is 0.250 e. The molecule has 7 heteroatoms. The van der Waals surface area contributed by atoms with Crippen LogP contribution in [-0.4, -0.2) is 21.1 Å². The summed E-state index contributed by atoms with van der Waals surface area (Å²) in [5.41, 5.74) is 12.4. The summed E-state index contributed by atoms with van der Waals surface area (Å²) < 4.78 is 0. The molecule has 0 radical (unpaired) electrons. The van der Waals surface area contributed by atoms with Gasteiger partial charge in [-0.25, -0.2) is 4.98 Å². The van der Waals surface area contributed by atoms with Gasteiger partial charge in [-0.1, -0.05) is 0 Å². The van der Waals surface area contributed by atoms with Gasteiger partial charge >= 0.3 is 0 Å². The number of nitrogens with two attached hydrogens (primary N) is 2. The molecule has 0 spiro atoms. The van der Waals surface area contributed by atoms with E-state index in [2.05, 4.69) is 20.5 Å². The molecule has 0 aliphatic rings. The highest BCUT2D eigenvalue weighted by atomic mass is 16.1. The lowest BCUT2D eigenvalue weighted by Crippen LogP contribution is -2.15. The molecular weight excluding hydrogens is 220 g/mol. The number of nitrogens with one attached hydrogen (secondary N) is 2. The van der Waals surface area contributed by atoms with Gasteiger partial charge in [-0.2, -0.15) is 5.10 Å². The average Bonchev–Trinajstić information content (AvgIpc) is 2.78. The van der Waals surface area contributed by atoms with Crippen LogP contribution in [0.25, 0.3) is 0 Å². The van der Waals surface area contributed by atoms with E-state index >= 15 is 0 Å². The number of hydrogen-bond acceptors (Lipinski definition) is 5. The number of aromatic nitrogens is 3. The van der Waals surface area contributed by atoms with Crippen LogP contribution in [0.2, 0.25) is 0 Å². The minimum atomic E-state index is -0.509. The second kappa shape index (κ2) is 4.52. The first-order valence-electron chi connectivity index (χ1n) is 4.94. The van der Waals surface area contributed by atoms with Crippen LogP contribution < -0.4 is 16.8 Å². The monoisotopic (exact) mass is 232 g/mol. The molecule has 0 saturated carbocycles. The average molecular weight is 232 g/mol. The summed E-state index contributed by atoms with van der Waals surface area (Å²) in [6.07, 6.45) is 1.41. The molecule has 1 aromatic heterocycles. The Morgan fingerprint density at radius 1 is 1.47 bits per heavy atom. The van der Waals surface area contributed by atoms with Gasteiger partial charge in [0.05, 0.1) is 12.1 Å². The fourth-order valence-corrected chi connectivity index (χ4v) is 1.42. The highest BCUT2D eigenvalue weighted by Gasteiger charge is 2.08. The predicted molar refractivity (Wildman–Crippen MR) is 63.1 cm³/mol. The third-order valence-electron chi connectivity index (χ3n) is 2.22. The third kappa shape index (κ3) is 2.51. The lowest BCUT2D eigenvalue weighted by molar-refractivity contribution is 0.100. The zero-order valence-corrected chi connectivity index (χ0v) is 8.97. The summed E-state index contributed by atoms with van der Waals surface area (Å²) >= 11 is 0. The Labute approximate surface area is 97.2 Å². The molecule has 6 N–H and O–H groups in total. The first kappa shape index (κ1) is 10.9. The van der Waals surface area contributed by atoms with E-state index in [1.54, 1.807) is 18.2 Å². The fourth-order valence-electron chi connectivity index (χ4n) is 1.42. The van der Waals surface area contributed by atoms with Crippen LogP contribution in [0.4, 0.5) is 11.4 Å². The van der Waals surface area contributed by atoms with Crippen LogP contribution in [-0.2, 0) is 6.54 Å². The van der Waals surface area contributed by atoms with E-state index in [4.69, 9.17) is 11.5 Å². The zero-order chi connectivity index (χ0) is 12.3. The van der Waals surface area contributed by atoms with Gasteiger partial charge in [0.15, 0.2) is 0 Å². The largest absolute Gasteiger partial charge is 0.399 e. The lowest BCUT2D eigenvalue weighted by atomic mass is 10.1. The Morgan fingerprint density at radius 2 is 2.29 bits per heavy atom. The minimum absolute atomic E-state index is 0.388. The second-order valence-corrected chi connectivity index (χ2v) is 3.45. The lowest BCUT2D eigenvalue weighted by Gasteiger charge is -2.09. The Balaban J connectivity index is 2.19. The van der Waals surface area contributed by atoms with Crippen LogP contribution in [0, 0.1) is 0 Å². The van der Waals surface area contributed by atoms with Gasteiger partial charge in [0.25, 0.3) is 5.91 Å². The molecule has 1 heterocycles. The number of aromatic amines is 1. The Kier molecular flexibility index (Phi) is 2.91. The number of anilines is 2. The Bertz CT molecular complexity index is 522. The highest BCUT2D eigenvalue weighted by molar-refractivity contribution is 5.99. The quantitative estimate of drug-likeness (QED) is 0.557. The van der Waals surface area contributed by atoms with Gasteiger partial charge in [0, 0.05) is 11.4 Å². The summed E-state index contributed by atoms with van der Waals surface area (Å²) in [6, 6.07) is 4.86. The van der Waals surface area contributed by atoms with Gasteiger partial charge in [0.1, 0.15) is 12.2 Å². The fraction of sp³-hybridized carbons (Fsp3) is 0.100. The molecule has 2 aromatic rings. The van der Waals surface area contributed by atoms with Gasteiger partial charge in [0.2, 0.25) is 0 Å². The van der Waals surface area contributed by atoms with Crippen molar-refractivity contribution >= 4 is 17.3 Å². The normalized spacial score (nSPS) is 10.1. The summed E-state index contributed by atoms with van der Waals surface area (Å²) in [5.74, 6) is 0.146. The SMILES string of the molecule is NC(=O)c1ccc(N)cc1NCc1ncn[nH]1. The molecule has 0 fully saturated rings. The molecule has 0 saturated heterocycles. The smallest absolute Gasteiger partial charge is 0.250 e. The molecule has 1 amide bonds. The van der Waals surface area contributed by atoms with Gasteiger partial charge in [-0.15, -0.1) is 0 Å². The number of H-pyrrole nitrogens is 1. The minimum Gasteiger partial charge on any atom is -0.399 e. The van der Waals surface area contributed by atoms with E-state index in [1.807, 2.05) is 0 Å². The maximum absolute atomic E-state index is 11.2. The number of carbonyl (C=O) groups is 1. The van der Waals surface area contributed by atoms with Crippen LogP contribution in [0.5, 0.6) is 0 Å². The second-order valence-electron chi connectivity index (χ2n) is 3.45. The first-order valence-corrected chi connectivity index (χ1v) is 4.94. The van der Waals surface area contributed by atoms with Crippen molar-refractivity contribution in [1.82, 2.24) is 15.2 Å². The van der Waals surface area contributed by atoms with Crippen molar-refractivity contribution in [3.63, 3.8) is 0 Å². The number of nitrogens with zero attached hydrogens (tertiary/aromatic N) is 2. The number of benzene rings is 1. The summed E-state index contributed by atoms with van der Waals surface area (Å²) in [6.45, 7) is 0.406. The van der Waals surface area contributed by atoms with Crippen molar-refractivity contribution in [2.75, 3.05) is 11.1 Å². The highest BCUT2D eigenvalue weighted by Crippen LogP contribution is 2.19. The topological polar surface area (TPSA) is 123 Å². The van der Waals surface area contributed by atoms with Crippen molar-refractivity contribution in [1.29, 1.82) is 0 Å². The van der Waals surface area contributed by atoms with Gasteiger partial charge < -0.3 is 16.8 Å². The molecule has 0 bridgehead atoms. The zero-order valence-electron chi connectivity index (χ0n) is 8.97. The first-order chi connectivity index (χ1) is 8.16. The standard InChI is InChI=1S/C10H12N6O/c11-6-1-2-7(10(12)17)8(3-6)13-4-9-14-5-15-16-9/h1-3,5,13H,4,11H2,(H2,12,17)(H,14,15,16). The number of rotatable bonds is 4. The summed E-state index contributed by atoms with van der Waals surface area (Å²) in [4.78, 5) is 15.2. The van der Waals surface area contributed by atoms with Crippen molar-refractivity contribution < 1.29 is 4.79 Å². The Morgan fingerprint density at radius 3 is 2.94 bits per heavy atom. The van der Waals surface area contributed by atoms with E-state index in [-0.39, 0.29) is 0 Å². The van der Waals surface area contributed by atoms with Crippen LogP contribution >= 0.6 is 0 Å². The molecule has 0 atom stereocenters. The maximum atomic E-state index is 11.2. The molecule has 0 unspecified atom stereocenters. The summed E-state index contributed by atoms with van der Waals surface area (Å²) in [5, 5.41) is 9.44. The molecule has 7 nitrogen and oxygen atoms in total. The number of nitrogen functional groups attached to an aromatic ring is 1. The van der Waals surface area contributed by atoms with Gasteiger partial charge in [-0.05, 0) is 18.2 Å². The van der Waals surface area contributed by atoms with E-state index in [0.717, 1.165) is 0 Å². The number of primary amides is 1. The number of amides is 1. The molecule has 0 aliphatic carbocycles. The molecule has 0 aliphatic heterocycles. The number of hydrogen-bond donors (Lipinski definition) is 4. The summed E-state index contributed by atoms with van der Waals surface area (Å²) in [7, 11) is 0. The third-order valence-corrected chi connectivity index (χ3v) is 2.22. The van der Waals surface area contributed by atoms with Crippen molar-refractivity contribution in [2.45, 2.75) is 6.54 Å². The van der Waals surface area contributed by atoms with Crippen LogP contribution in [0.3, 0.4) is 0 Å². The van der Waals surface area contributed by atoms with Crippen LogP contribution in [0.1, 0.15) is 16.2 Å². The Hall–Kier alpha value is -2.57. The molecule has 17 heavy (non-hydrogen) atoms. The van der Waals surface area contributed by atoms with Crippen LogP contribution in [0.15, 0.2) is 24.5 Å². The van der Waals surface area contributed by atoms with Crippen molar-refractivity contribution in [3.05, 3.63) is 35.9 Å². The van der Waals surface area contributed by atoms with E-state index in [0.29, 0.717) is 29.3 Å². The van der Waals surface area contributed by atoms with E-state index in [1.165, 1.54) is 6.33 Å². The molecule has 88 valence electrons. The molecule has 1 aromatic carbocycles. The molecular formula is C10H12N6O. The number of carbonyl (C=O) groups excluding carboxylic acids is 1. The predicted octanol–water partition coefficient (Wildman–Crippen LogP) is 0.0979. The van der Waals surface area contributed by atoms with Gasteiger partial charge in [-0.3, -0.25) is 9.89 Å². The van der Waals surface area contributed by atoms with Crippen molar-refractivity contribution in [2.24, 2.45) is 5.73 Å². The van der Waals surface area contributed by atoms with Crippen molar-refractivity contribution in [3.8, 4) is 0 Å². The van der Waals surface area contributed by atoms with E-state index in [9.17, 15) is 4.79 Å². The molecule has 2 rings (SSSR count).